The number of halogens is 2. The summed E-state index contributed by atoms with van der Waals surface area (Å²) in [6, 6.07) is 3.08. The number of benzene rings is 1. The maximum atomic E-state index is 13.6. The summed E-state index contributed by atoms with van der Waals surface area (Å²) in [5.41, 5.74) is 6.30. The van der Waals surface area contributed by atoms with E-state index in [1.165, 1.54) is 6.07 Å². The molecule has 0 fully saturated rings. The first-order valence-electron chi connectivity index (χ1n) is 6.27. The van der Waals surface area contributed by atoms with E-state index in [4.69, 9.17) is 10.5 Å². The number of aryl methyl sites for hydroxylation is 1. The number of anilines is 1. The van der Waals surface area contributed by atoms with Crippen LogP contribution in [0.15, 0.2) is 18.2 Å². The molecule has 0 aliphatic rings. The van der Waals surface area contributed by atoms with Gasteiger partial charge in [0.1, 0.15) is 17.5 Å². The van der Waals surface area contributed by atoms with Crippen LogP contribution in [-0.4, -0.2) is 9.97 Å². The molecule has 0 radical (unpaired) electrons. The quantitative estimate of drug-likeness (QED) is 0.931. The fourth-order valence-electron chi connectivity index (χ4n) is 1.66. The summed E-state index contributed by atoms with van der Waals surface area (Å²) in [5, 5.41) is 0. The lowest BCUT2D eigenvalue weighted by molar-refractivity contribution is 0.418. The number of nitrogen functional groups attached to an aromatic ring is 1. The zero-order chi connectivity index (χ0) is 14.7. The van der Waals surface area contributed by atoms with Crippen molar-refractivity contribution in [3.05, 3.63) is 41.2 Å². The number of aromatic nitrogens is 2. The molecule has 2 N–H and O–H groups in total. The Labute approximate surface area is 115 Å². The third-order valence-electron chi connectivity index (χ3n) is 2.76. The molecule has 0 aliphatic heterocycles. The van der Waals surface area contributed by atoms with Crippen molar-refractivity contribution in [2.24, 2.45) is 0 Å². The normalized spacial score (nSPS) is 10.6. The van der Waals surface area contributed by atoms with Gasteiger partial charge < -0.3 is 10.5 Å². The molecule has 0 aliphatic carbocycles. The number of rotatable bonds is 4. The van der Waals surface area contributed by atoms with Crippen molar-refractivity contribution in [1.29, 1.82) is 0 Å². The van der Waals surface area contributed by atoms with Gasteiger partial charge in [-0.3, -0.25) is 0 Å². The van der Waals surface area contributed by atoms with Crippen LogP contribution in [0, 0.1) is 18.6 Å². The molecule has 6 heteroatoms. The van der Waals surface area contributed by atoms with E-state index in [1.807, 2.05) is 6.92 Å². The molecule has 0 unspecified atom stereocenters. The number of ether oxygens (including phenoxy) is 1. The summed E-state index contributed by atoms with van der Waals surface area (Å²) in [5.74, 6) is -0.547. The number of nitrogens with zero attached hydrogens (tertiary/aromatic N) is 2. The highest BCUT2D eigenvalue weighted by Gasteiger charge is 2.13. The molecule has 2 rings (SSSR count). The predicted octanol–water partition coefficient (Wildman–Crippen LogP) is 3.39. The lowest BCUT2D eigenvalue weighted by atomic mass is 10.2. The van der Waals surface area contributed by atoms with E-state index in [0.29, 0.717) is 23.6 Å². The zero-order valence-electron chi connectivity index (χ0n) is 11.3. The van der Waals surface area contributed by atoms with Gasteiger partial charge in [-0.05, 0) is 25.5 Å². The van der Waals surface area contributed by atoms with Crippen molar-refractivity contribution in [2.75, 3.05) is 5.73 Å². The topological polar surface area (TPSA) is 61.0 Å². The SMILES string of the molecule is CCCc1nc(N)c(C)c(Oc2ccc(F)cc2F)n1. The fraction of sp³-hybridized carbons (Fsp3) is 0.286. The molecular formula is C14H15F2N3O. The Morgan fingerprint density at radius 1 is 1.25 bits per heavy atom. The van der Waals surface area contributed by atoms with Gasteiger partial charge in [0.15, 0.2) is 11.6 Å². The van der Waals surface area contributed by atoms with Crippen LogP contribution >= 0.6 is 0 Å². The van der Waals surface area contributed by atoms with Gasteiger partial charge in [-0.25, -0.2) is 13.8 Å². The Kier molecular flexibility index (Phi) is 4.12. The maximum absolute atomic E-state index is 13.6. The maximum Gasteiger partial charge on any atom is 0.227 e. The predicted molar refractivity (Wildman–Crippen MR) is 71.6 cm³/mol. The van der Waals surface area contributed by atoms with Crippen LogP contribution in [0.2, 0.25) is 0 Å². The molecule has 0 saturated heterocycles. The first-order chi connectivity index (χ1) is 9.51. The van der Waals surface area contributed by atoms with Gasteiger partial charge >= 0.3 is 0 Å². The number of hydrogen-bond acceptors (Lipinski definition) is 4. The second kappa shape index (κ2) is 5.81. The third kappa shape index (κ3) is 3.01. The lowest BCUT2D eigenvalue weighted by Gasteiger charge is -2.11. The zero-order valence-corrected chi connectivity index (χ0v) is 11.3. The van der Waals surface area contributed by atoms with Crippen LogP contribution < -0.4 is 10.5 Å². The molecule has 0 atom stereocenters. The molecule has 106 valence electrons. The molecule has 0 amide bonds. The second-order valence-corrected chi connectivity index (χ2v) is 4.38. The van der Waals surface area contributed by atoms with Gasteiger partial charge in [-0.15, -0.1) is 0 Å². The van der Waals surface area contributed by atoms with Crippen LogP contribution in [0.3, 0.4) is 0 Å². The minimum atomic E-state index is -0.793. The molecule has 4 nitrogen and oxygen atoms in total. The van der Waals surface area contributed by atoms with E-state index >= 15 is 0 Å². The van der Waals surface area contributed by atoms with E-state index in [0.717, 1.165) is 18.6 Å². The summed E-state index contributed by atoms with van der Waals surface area (Å²) in [6.07, 6.45) is 1.50. The monoisotopic (exact) mass is 279 g/mol. The Bertz CT molecular complexity index is 632. The highest BCUT2D eigenvalue weighted by atomic mass is 19.1. The van der Waals surface area contributed by atoms with Gasteiger partial charge in [0.25, 0.3) is 0 Å². The van der Waals surface area contributed by atoms with Gasteiger partial charge in [-0.2, -0.15) is 4.98 Å². The molecular weight excluding hydrogens is 264 g/mol. The van der Waals surface area contributed by atoms with Crippen LogP contribution in [0.1, 0.15) is 24.7 Å². The smallest absolute Gasteiger partial charge is 0.227 e. The summed E-state index contributed by atoms with van der Waals surface area (Å²) in [4.78, 5) is 8.34. The van der Waals surface area contributed by atoms with Crippen molar-refractivity contribution in [2.45, 2.75) is 26.7 Å². The van der Waals surface area contributed by atoms with Crippen molar-refractivity contribution in [3.8, 4) is 11.6 Å². The van der Waals surface area contributed by atoms with E-state index in [1.54, 1.807) is 6.92 Å². The number of nitrogens with two attached hydrogens (primary N) is 1. The minimum absolute atomic E-state index is 0.102. The van der Waals surface area contributed by atoms with E-state index in [9.17, 15) is 8.78 Å². The number of hydrogen-bond donors (Lipinski definition) is 1. The van der Waals surface area contributed by atoms with Crippen molar-refractivity contribution in [3.63, 3.8) is 0 Å². The van der Waals surface area contributed by atoms with E-state index in [-0.39, 0.29) is 11.6 Å². The van der Waals surface area contributed by atoms with Gasteiger partial charge in [0, 0.05) is 12.5 Å². The van der Waals surface area contributed by atoms with Gasteiger partial charge in [-0.1, -0.05) is 6.92 Å². The Morgan fingerprint density at radius 2 is 2.00 bits per heavy atom. The van der Waals surface area contributed by atoms with Crippen LogP contribution in [0.25, 0.3) is 0 Å². The first-order valence-corrected chi connectivity index (χ1v) is 6.27. The van der Waals surface area contributed by atoms with E-state index < -0.39 is 11.6 Å². The Balaban J connectivity index is 2.37. The molecule has 20 heavy (non-hydrogen) atoms. The lowest BCUT2D eigenvalue weighted by Crippen LogP contribution is -2.05. The first kappa shape index (κ1) is 14.2. The molecule has 0 spiro atoms. The highest BCUT2D eigenvalue weighted by Crippen LogP contribution is 2.28. The van der Waals surface area contributed by atoms with E-state index in [2.05, 4.69) is 9.97 Å². The van der Waals surface area contributed by atoms with Crippen molar-refractivity contribution >= 4 is 5.82 Å². The van der Waals surface area contributed by atoms with Gasteiger partial charge in [0.05, 0.1) is 5.56 Å². The largest absolute Gasteiger partial charge is 0.435 e. The average Bonchev–Trinajstić information content (AvgIpc) is 2.39. The fourth-order valence-corrected chi connectivity index (χ4v) is 1.66. The molecule has 0 bridgehead atoms. The second-order valence-electron chi connectivity index (χ2n) is 4.38. The van der Waals surface area contributed by atoms with Crippen LogP contribution in [0.5, 0.6) is 11.6 Å². The van der Waals surface area contributed by atoms with Gasteiger partial charge in [0.2, 0.25) is 5.88 Å². The average molecular weight is 279 g/mol. The molecule has 1 aromatic heterocycles. The molecule has 2 aromatic rings. The van der Waals surface area contributed by atoms with Crippen molar-refractivity contribution in [1.82, 2.24) is 9.97 Å². The Morgan fingerprint density at radius 3 is 2.65 bits per heavy atom. The summed E-state index contributed by atoms with van der Waals surface area (Å²) in [6.45, 7) is 3.67. The molecule has 1 heterocycles. The summed E-state index contributed by atoms with van der Waals surface area (Å²) in [7, 11) is 0. The van der Waals surface area contributed by atoms with Crippen LogP contribution in [-0.2, 0) is 6.42 Å². The summed E-state index contributed by atoms with van der Waals surface area (Å²) >= 11 is 0. The standard InChI is InChI=1S/C14H15F2N3O/c1-3-4-12-18-13(17)8(2)14(19-12)20-11-6-5-9(15)7-10(11)16/h5-7H,3-4H2,1-2H3,(H2,17,18,19). The highest BCUT2D eigenvalue weighted by molar-refractivity contribution is 5.46. The van der Waals surface area contributed by atoms with Crippen molar-refractivity contribution < 1.29 is 13.5 Å². The molecule has 0 saturated carbocycles. The minimum Gasteiger partial charge on any atom is -0.435 e. The third-order valence-corrected chi connectivity index (χ3v) is 2.76. The van der Waals surface area contributed by atoms with Crippen LogP contribution in [0.4, 0.5) is 14.6 Å². The molecule has 1 aromatic carbocycles. The summed E-state index contributed by atoms with van der Waals surface area (Å²) < 4.78 is 31.8. The Hall–Kier alpha value is -2.24.